The van der Waals surface area contributed by atoms with Crippen LogP contribution in [0.5, 0.6) is 0 Å². The number of ether oxygens (including phenoxy) is 1. The molecule has 0 fully saturated rings. The van der Waals surface area contributed by atoms with E-state index >= 15 is 0 Å². The van der Waals surface area contributed by atoms with Gasteiger partial charge in [-0.25, -0.2) is 8.78 Å². The van der Waals surface area contributed by atoms with Gasteiger partial charge in [-0.05, 0) is 13.8 Å². The summed E-state index contributed by atoms with van der Waals surface area (Å²) in [5.74, 6) is -3.03. The number of nitrogens with two attached hydrogens (primary N) is 1. The topological polar surface area (TPSA) is 55.5 Å². The lowest BCUT2D eigenvalue weighted by Gasteiger charge is -2.32. The number of hydrogen-bond acceptors (Lipinski definition) is 3. The highest BCUT2D eigenvalue weighted by atomic mass is 19.3. The fourth-order valence-electron chi connectivity index (χ4n) is 0.405. The summed E-state index contributed by atoms with van der Waals surface area (Å²) in [4.78, 5) is 0. The maximum atomic E-state index is 12.6. The lowest BCUT2D eigenvalue weighted by molar-refractivity contribution is -0.247. The lowest BCUT2D eigenvalue weighted by Crippen LogP contribution is -2.47. The summed E-state index contributed by atoms with van der Waals surface area (Å²) < 4.78 is 29.5. The minimum atomic E-state index is -3.03. The Hall–Kier alpha value is -0.260. The van der Waals surface area contributed by atoms with Gasteiger partial charge < -0.3 is 9.84 Å². The Morgan fingerprint density at radius 1 is 1.36 bits per heavy atom. The highest BCUT2D eigenvalue weighted by Crippen LogP contribution is 2.30. The normalized spacial score (nSPS) is 16.6. The van der Waals surface area contributed by atoms with Crippen LogP contribution in [0.25, 0.3) is 0 Å². The summed E-state index contributed by atoms with van der Waals surface area (Å²) >= 11 is 0. The Balaban J connectivity index is 4.22. The van der Waals surface area contributed by atoms with Gasteiger partial charge in [0, 0.05) is 6.92 Å². The van der Waals surface area contributed by atoms with Crippen molar-refractivity contribution in [2.24, 2.45) is 5.73 Å². The molecule has 5 heteroatoms. The van der Waals surface area contributed by atoms with Gasteiger partial charge in [0.25, 0.3) is 5.92 Å². The first-order chi connectivity index (χ1) is 4.67. The molecule has 0 amide bonds. The van der Waals surface area contributed by atoms with Gasteiger partial charge in [0.15, 0.2) is 0 Å². The van der Waals surface area contributed by atoms with Crippen LogP contribution in [0.15, 0.2) is 0 Å². The quantitative estimate of drug-likeness (QED) is 0.610. The molecule has 3 N–H and O–H groups in total. The van der Waals surface area contributed by atoms with Gasteiger partial charge in [0.2, 0.25) is 6.41 Å². The Bertz CT molecular complexity index is 131. The second-order valence-corrected chi connectivity index (χ2v) is 2.91. The predicted octanol–water partition coefficient (Wildman–Crippen LogP) is 0.671. The van der Waals surface area contributed by atoms with E-state index in [-0.39, 0.29) is 0 Å². The van der Waals surface area contributed by atoms with Gasteiger partial charge in [0.1, 0.15) is 5.60 Å². The van der Waals surface area contributed by atoms with E-state index in [2.05, 4.69) is 4.74 Å². The molecule has 0 aromatic carbocycles. The van der Waals surface area contributed by atoms with Crippen LogP contribution >= 0.6 is 0 Å². The third-order valence-electron chi connectivity index (χ3n) is 1.47. The van der Waals surface area contributed by atoms with Crippen molar-refractivity contribution in [1.82, 2.24) is 0 Å². The predicted molar refractivity (Wildman–Crippen MR) is 36.0 cm³/mol. The second-order valence-electron chi connectivity index (χ2n) is 2.91. The molecule has 0 aliphatic carbocycles. The maximum absolute atomic E-state index is 12.6. The fourth-order valence-corrected chi connectivity index (χ4v) is 0.405. The minimum absolute atomic E-state index is 0.704. The molecule has 0 aliphatic rings. The molecule has 0 aromatic heterocycles. The average molecular weight is 169 g/mol. The van der Waals surface area contributed by atoms with Crippen LogP contribution in [0.1, 0.15) is 20.8 Å². The van der Waals surface area contributed by atoms with E-state index in [0.29, 0.717) is 6.92 Å². The van der Waals surface area contributed by atoms with Crippen molar-refractivity contribution in [2.45, 2.75) is 38.7 Å². The molecule has 0 radical (unpaired) electrons. The van der Waals surface area contributed by atoms with Crippen molar-refractivity contribution >= 4 is 0 Å². The van der Waals surface area contributed by atoms with Crippen LogP contribution in [-0.4, -0.2) is 23.0 Å². The number of aliphatic hydroxyl groups is 1. The highest BCUT2D eigenvalue weighted by molar-refractivity contribution is 4.82. The SMILES string of the molecule is CC(F)(F)C(C)(C)OC(N)O. The molecule has 0 saturated heterocycles. The van der Waals surface area contributed by atoms with Crippen LogP contribution in [0.4, 0.5) is 8.78 Å². The zero-order valence-corrected chi connectivity index (χ0v) is 6.77. The molecule has 1 atom stereocenters. The van der Waals surface area contributed by atoms with Crippen molar-refractivity contribution in [3.05, 3.63) is 0 Å². The van der Waals surface area contributed by atoms with Crippen molar-refractivity contribution in [2.75, 3.05) is 0 Å². The van der Waals surface area contributed by atoms with E-state index in [1.165, 1.54) is 0 Å². The Kier molecular flexibility index (Phi) is 2.93. The molecular formula is C6H13F2NO2. The van der Waals surface area contributed by atoms with E-state index in [1.807, 2.05) is 0 Å². The third kappa shape index (κ3) is 3.09. The van der Waals surface area contributed by atoms with Gasteiger partial charge in [-0.15, -0.1) is 0 Å². The third-order valence-corrected chi connectivity index (χ3v) is 1.47. The maximum Gasteiger partial charge on any atom is 0.273 e. The van der Waals surface area contributed by atoms with Gasteiger partial charge in [0.05, 0.1) is 0 Å². The first-order valence-electron chi connectivity index (χ1n) is 3.16. The number of aliphatic hydroxyl groups excluding tert-OH is 1. The molecule has 0 saturated carbocycles. The molecule has 3 nitrogen and oxygen atoms in total. The Morgan fingerprint density at radius 3 is 1.82 bits per heavy atom. The van der Waals surface area contributed by atoms with Crippen molar-refractivity contribution in [1.29, 1.82) is 0 Å². The van der Waals surface area contributed by atoms with Crippen LogP contribution in [-0.2, 0) is 4.74 Å². The lowest BCUT2D eigenvalue weighted by atomic mass is 10.0. The summed E-state index contributed by atoms with van der Waals surface area (Å²) in [5, 5.41) is 8.47. The summed E-state index contributed by atoms with van der Waals surface area (Å²) in [7, 11) is 0. The molecule has 1 unspecified atom stereocenters. The van der Waals surface area contributed by atoms with Crippen LogP contribution < -0.4 is 5.73 Å². The zero-order chi connectivity index (χ0) is 9.28. The molecule has 0 rings (SSSR count). The van der Waals surface area contributed by atoms with E-state index in [9.17, 15) is 8.78 Å². The van der Waals surface area contributed by atoms with Gasteiger partial charge in [-0.1, -0.05) is 0 Å². The Morgan fingerprint density at radius 2 is 1.73 bits per heavy atom. The smallest absolute Gasteiger partial charge is 0.273 e. The number of hydrogen-bond donors (Lipinski definition) is 2. The molecule has 68 valence electrons. The molecule has 0 aliphatic heterocycles. The number of alkyl halides is 2. The summed E-state index contributed by atoms with van der Waals surface area (Å²) in [6.45, 7) is 3.02. The van der Waals surface area contributed by atoms with Crippen LogP contribution in [0.3, 0.4) is 0 Å². The van der Waals surface area contributed by atoms with Crippen molar-refractivity contribution in [3.63, 3.8) is 0 Å². The fraction of sp³-hybridized carbons (Fsp3) is 1.00. The molecule has 0 heterocycles. The number of rotatable bonds is 3. The first-order valence-corrected chi connectivity index (χ1v) is 3.16. The van der Waals surface area contributed by atoms with Gasteiger partial charge >= 0.3 is 0 Å². The molecular weight excluding hydrogens is 156 g/mol. The van der Waals surface area contributed by atoms with E-state index in [1.54, 1.807) is 0 Å². The molecule has 0 aromatic rings. The van der Waals surface area contributed by atoms with Gasteiger partial charge in [-0.3, -0.25) is 5.73 Å². The molecule has 11 heavy (non-hydrogen) atoms. The minimum Gasteiger partial charge on any atom is -0.356 e. The standard InChI is InChI=1S/C6H13F2NO2/c1-5(2,6(3,7)8)11-4(9)10/h4,10H,9H2,1-3H3. The molecule has 0 spiro atoms. The second kappa shape index (κ2) is 3.00. The van der Waals surface area contributed by atoms with Crippen LogP contribution in [0, 0.1) is 0 Å². The zero-order valence-electron chi connectivity index (χ0n) is 6.77. The highest BCUT2D eigenvalue weighted by Gasteiger charge is 2.44. The van der Waals surface area contributed by atoms with E-state index in [4.69, 9.17) is 10.8 Å². The van der Waals surface area contributed by atoms with E-state index in [0.717, 1.165) is 13.8 Å². The van der Waals surface area contributed by atoms with Crippen molar-refractivity contribution < 1.29 is 18.6 Å². The Labute approximate surface area is 64.1 Å². The van der Waals surface area contributed by atoms with Crippen molar-refractivity contribution in [3.8, 4) is 0 Å². The summed E-state index contributed by atoms with van der Waals surface area (Å²) in [6, 6.07) is 0. The first kappa shape index (κ1) is 10.7. The largest absolute Gasteiger partial charge is 0.356 e. The number of halogens is 2. The average Bonchev–Trinajstić information content (AvgIpc) is 1.56. The van der Waals surface area contributed by atoms with Crippen LogP contribution in [0.2, 0.25) is 0 Å². The monoisotopic (exact) mass is 169 g/mol. The van der Waals surface area contributed by atoms with E-state index < -0.39 is 17.9 Å². The van der Waals surface area contributed by atoms with Gasteiger partial charge in [-0.2, -0.15) is 0 Å². The summed E-state index contributed by atoms with van der Waals surface area (Å²) in [5.41, 5.74) is 3.03. The summed E-state index contributed by atoms with van der Waals surface area (Å²) in [6.07, 6.45) is -1.67. The molecule has 0 bridgehead atoms.